The summed E-state index contributed by atoms with van der Waals surface area (Å²) >= 11 is 0. The minimum absolute atomic E-state index is 0.128. The van der Waals surface area contributed by atoms with Gasteiger partial charge in [-0.1, -0.05) is 6.92 Å². The lowest BCUT2D eigenvalue weighted by Gasteiger charge is -2.25. The highest BCUT2D eigenvalue weighted by Gasteiger charge is 2.21. The van der Waals surface area contributed by atoms with Crippen LogP contribution in [0.1, 0.15) is 39.0 Å². The van der Waals surface area contributed by atoms with Crippen molar-refractivity contribution < 1.29 is 22.8 Å². The molecular formula is C19H26F3N3O2. The monoisotopic (exact) mass is 385 g/mol. The van der Waals surface area contributed by atoms with Crippen molar-refractivity contribution in [3.63, 3.8) is 0 Å². The van der Waals surface area contributed by atoms with Crippen LogP contribution in [0.5, 0.6) is 0 Å². The van der Waals surface area contributed by atoms with Gasteiger partial charge in [-0.2, -0.15) is 0 Å². The van der Waals surface area contributed by atoms with E-state index in [-0.39, 0.29) is 12.5 Å². The van der Waals surface area contributed by atoms with E-state index in [0.29, 0.717) is 25.3 Å². The highest BCUT2D eigenvalue weighted by atomic mass is 19.2. The minimum Gasteiger partial charge on any atom is -0.333 e. The highest BCUT2D eigenvalue weighted by molar-refractivity contribution is 5.94. The van der Waals surface area contributed by atoms with E-state index >= 15 is 0 Å². The van der Waals surface area contributed by atoms with Crippen LogP contribution in [0, 0.1) is 23.4 Å². The summed E-state index contributed by atoms with van der Waals surface area (Å²) in [6, 6.07) is 1.69. The van der Waals surface area contributed by atoms with Crippen LogP contribution in [0.4, 0.5) is 18.9 Å². The van der Waals surface area contributed by atoms with Crippen LogP contribution in [-0.2, 0) is 9.59 Å². The lowest BCUT2D eigenvalue weighted by Crippen LogP contribution is -2.39. The van der Waals surface area contributed by atoms with E-state index in [9.17, 15) is 22.8 Å². The van der Waals surface area contributed by atoms with Crippen molar-refractivity contribution in [2.45, 2.75) is 39.0 Å². The van der Waals surface area contributed by atoms with Gasteiger partial charge in [0, 0.05) is 13.0 Å². The molecule has 1 aliphatic rings. The molecular weight excluding hydrogens is 359 g/mol. The van der Waals surface area contributed by atoms with Gasteiger partial charge in [0.1, 0.15) is 0 Å². The Morgan fingerprint density at radius 1 is 1.19 bits per heavy atom. The topological polar surface area (TPSA) is 61.4 Å². The van der Waals surface area contributed by atoms with Crippen molar-refractivity contribution in [2.24, 2.45) is 5.92 Å². The Labute approximate surface area is 157 Å². The van der Waals surface area contributed by atoms with Gasteiger partial charge in [-0.25, -0.2) is 13.2 Å². The average molecular weight is 385 g/mol. The fourth-order valence-corrected chi connectivity index (χ4v) is 3.20. The zero-order valence-corrected chi connectivity index (χ0v) is 15.5. The van der Waals surface area contributed by atoms with E-state index in [4.69, 9.17) is 0 Å². The first-order chi connectivity index (χ1) is 12.9. The first-order valence-corrected chi connectivity index (χ1v) is 9.34. The Hall–Kier alpha value is -2.09. The van der Waals surface area contributed by atoms with E-state index in [2.05, 4.69) is 10.6 Å². The van der Waals surface area contributed by atoms with E-state index < -0.39 is 29.0 Å². The molecule has 5 nitrogen and oxygen atoms in total. The fourth-order valence-electron chi connectivity index (χ4n) is 3.20. The highest BCUT2D eigenvalue weighted by Crippen LogP contribution is 2.20. The summed E-state index contributed by atoms with van der Waals surface area (Å²) in [4.78, 5) is 26.1. The number of carbonyl (C=O) groups is 2. The molecule has 1 aromatic rings. The summed E-state index contributed by atoms with van der Waals surface area (Å²) in [7, 11) is 0. The molecule has 1 heterocycles. The molecule has 0 saturated carbocycles. The lowest BCUT2D eigenvalue weighted by atomic mass is 9.93. The van der Waals surface area contributed by atoms with Crippen LogP contribution in [0.3, 0.4) is 0 Å². The van der Waals surface area contributed by atoms with Crippen LogP contribution in [0.2, 0.25) is 0 Å². The fraction of sp³-hybridized carbons (Fsp3) is 0.579. The number of carbonyl (C=O) groups excluding carboxylic acids is 2. The summed E-state index contributed by atoms with van der Waals surface area (Å²) in [5.41, 5.74) is -0.447. The second-order valence-electron chi connectivity index (χ2n) is 6.82. The van der Waals surface area contributed by atoms with Crippen molar-refractivity contribution >= 4 is 17.5 Å². The van der Waals surface area contributed by atoms with Crippen LogP contribution >= 0.6 is 0 Å². The zero-order chi connectivity index (χ0) is 19.8. The molecule has 2 amide bonds. The van der Waals surface area contributed by atoms with Gasteiger partial charge in [-0.15, -0.1) is 0 Å². The van der Waals surface area contributed by atoms with Gasteiger partial charge in [-0.05, 0) is 56.8 Å². The minimum atomic E-state index is -1.64. The van der Waals surface area contributed by atoms with Crippen LogP contribution in [0.25, 0.3) is 0 Å². The molecule has 0 unspecified atom stereocenters. The first-order valence-electron chi connectivity index (χ1n) is 9.34. The second-order valence-corrected chi connectivity index (χ2v) is 6.82. The third kappa shape index (κ3) is 6.23. The molecule has 150 valence electrons. The predicted octanol–water partition coefficient (Wildman–Crippen LogP) is 3.06. The summed E-state index contributed by atoms with van der Waals surface area (Å²) in [6.07, 6.45) is 3.89. The van der Waals surface area contributed by atoms with Crippen LogP contribution in [-0.4, -0.2) is 42.9 Å². The summed E-state index contributed by atoms with van der Waals surface area (Å²) in [6.45, 7) is 3.95. The molecule has 0 atom stereocenters. The smallest absolute Gasteiger partial charge is 0.244 e. The molecule has 0 radical (unpaired) electrons. The number of amides is 2. The standard InChI is InChI=1S/C19H26F3N3O2/c1-2-11-25(17(27)6-3-13-7-9-23-10-8-13)12-16(26)24-15-5-4-14(20)18(21)19(15)22/h4-5,13,23H,2-3,6-12H2,1H3,(H,24,26). The molecule has 0 spiro atoms. The number of nitrogens with zero attached hydrogens (tertiary/aromatic N) is 1. The van der Waals surface area contributed by atoms with Gasteiger partial charge >= 0.3 is 0 Å². The number of hydrogen-bond donors (Lipinski definition) is 2. The van der Waals surface area contributed by atoms with E-state index in [1.165, 1.54) is 4.90 Å². The number of piperidine rings is 1. The molecule has 2 rings (SSSR count). The SMILES string of the molecule is CCCN(CC(=O)Nc1ccc(F)c(F)c1F)C(=O)CCC1CCNCC1. The van der Waals surface area contributed by atoms with Gasteiger partial charge < -0.3 is 15.5 Å². The quantitative estimate of drug-likeness (QED) is 0.676. The number of benzene rings is 1. The third-order valence-corrected chi connectivity index (χ3v) is 4.72. The Balaban J connectivity index is 1.90. The Bertz CT molecular complexity index is 664. The molecule has 1 fully saturated rings. The maximum absolute atomic E-state index is 13.7. The molecule has 8 heteroatoms. The number of hydrogen-bond acceptors (Lipinski definition) is 3. The zero-order valence-electron chi connectivity index (χ0n) is 15.5. The summed E-state index contributed by atoms with van der Waals surface area (Å²) in [5.74, 6) is -4.70. The predicted molar refractivity (Wildman–Crippen MR) is 96.6 cm³/mol. The van der Waals surface area contributed by atoms with Crippen molar-refractivity contribution in [2.75, 3.05) is 31.5 Å². The van der Waals surface area contributed by atoms with Gasteiger partial charge in [0.15, 0.2) is 17.5 Å². The molecule has 2 N–H and O–H groups in total. The van der Waals surface area contributed by atoms with Gasteiger partial charge in [0.25, 0.3) is 0 Å². The Morgan fingerprint density at radius 3 is 2.56 bits per heavy atom. The van der Waals surface area contributed by atoms with E-state index in [0.717, 1.165) is 44.5 Å². The largest absolute Gasteiger partial charge is 0.333 e. The van der Waals surface area contributed by atoms with Gasteiger partial charge in [0.2, 0.25) is 11.8 Å². The van der Waals surface area contributed by atoms with Gasteiger partial charge in [-0.3, -0.25) is 9.59 Å². The van der Waals surface area contributed by atoms with Crippen molar-refractivity contribution in [3.05, 3.63) is 29.6 Å². The van der Waals surface area contributed by atoms with E-state index in [1.54, 1.807) is 0 Å². The molecule has 1 aromatic carbocycles. The van der Waals surface area contributed by atoms with Crippen molar-refractivity contribution in [3.8, 4) is 0 Å². The molecule has 0 bridgehead atoms. The maximum atomic E-state index is 13.7. The third-order valence-electron chi connectivity index (χ3n) is 4.72. The summed E-state index contributed by atoms with van der Waals surface area (Å²) in [5, 5.41) is 5.48. The second kappa shape index (κ2) is 10.3. The maximum Gasteiger partial charge on any atom is 0.244 e. The number of halogens is 3. The summed E-state index contributed by atoms with van der Waals surface area (Å²) < 4.78 is 39.9. The molecule has 0 aromatic heterocycles. The Kier molecular flexibility index (Phi) is 8.09. The number of anilines is 1. The molecule has 0 aliphatic carbocycles. The molecule has 27 heavy (non-hydrogen) atoms. The van der Waals surface area contributed by atoms with Crippen LogP contribution < -0.4 is 10.6 Å². The first kappa shape index (κ1) is 21.2. The van der Waals surface area contributed by atoms with E-state index in [1.807, 2.05) is 6.92 Å². The Morgan fingerprint density at radius 2 is 1.89 bits per heavy atom. The molecule has 1 aliphatic heterocycles. The van der Waals surface area contributed by atoms with Crippen molar-refractivity contribution in [1.82, 2.24) is 10.2 Å². The van der Waals surface area contributed by atoms with Gasteiger partial charge in [0.05, 0.1) is 12.2 Å². The van der Waals surface area contributed by atoms with Crippen molar-refractivity contribution in [1.29, 1.82) is 0 Å². The molecule has 1 saturated heterocycles. The lowest BCUT2D eigenvalue weighted by molar-refractivity contribution is -0.135. The average Bonchev–Trinajstić information content (AvgIpc) is 2.67. The van der Waals surface area contributed by atoms with Crippen LogP contribution in [0.15, 0.2) is 12.1 Å². The number of rotatable bonds is 8. The number of nitrogens with one attached hydrogen (secondary N) is 2. The normalized spacial score (nSPS) is 14.8.